The fourth-order valence-corrected chi connectivity index (χ4v) is 1.60. The number of aliphatic imine (C=N–C) groups is 1. The second-order valence-electron chi connectivity index (χ2n) is 3.92. The summed E-state index contributed by atoms with van der Waals surface area (Å²) in [6.07, 6.45) is 19.8. The quantitative estimate of drug-likeness (QED) is 0.562. The SMILES string of the molecule is Clc1ccc(N=C[C]2[CH][CH][CH][CH]2)cc1.[CH]1[CH][CH][CH][CH]1.[Fe+2]. The molecular formula is C17H14ClFeN+2. The Labute approximate surface area is 138 Å². The maximum Gasteiger partial charge on any atom is 2.00 e. The minimum absolute atomic E-state index is 0. The molecule has 0 heterocycles. The van der Waals surface area contributed by atoms with E-state index < -0.39 is 0 Å². The molecule has 0 aromatic heterocycles. The maximum atomic E-state index is 5.76. The predicted molar refractivity (Wildman–Crippen MR) is 81.5 cm³/mol. The van der Waals surface area contributed by atoms with Crippen LogP contribution in [0.1, 0.15) is 0 Å². The monoisotopic (exact) mass is 323 g/mol. The topological polar surface area (TPSA) is 12.4 Å². The van der Waals surface area contributed by atoms with Gasteiger partial charge in [0.05, 0.1) is 5.69 Å². The summed E-state index contributed by atoms with van der Waals surface area (Å²) in [4.78, 5) is 4.31. The first-order valence-electron chi connectivity index (χ1n) is 6.02. The molecule has 1 nitrogen and oxygen atoms in total. The summed E-state index contributed by atoms with van der Waals surface area (Å²) in [6, 6.07) is 7.45. The van der Waals surface area contributed by atoms with E-state index in [2.05, 4.69) is 4.99 Å². The summed E-state index contributed by atoms with van der Waals surface area (Å²) in [5.41, 5.74) is 0.913. The first-order chi connectivity index (χ1) is 9.34. The Balaban J connectivity index is 0.000000283. The molecule has 3 heteroatoms. The van der Waals surface area contributed by atoms with Crippen LogP contribution >= 0.6 is 11.6 Å². The smallest absolute Gasteiger partial charge is 0.261 e. The van der Waals surface area contributed by atoms with Gasteiger partial charge >= 0.3 is 17.1 Å². The summed E-state index contributed by atoms with van der Waals surface area (Å²) in [7, 11) is 0. The van der Waals surface area contributed by atoms with Gasteiger partial charge in [-0.15, -0.1) is 0 Å². The van der Waals surface area contributed by atoms with Gasteiger partial charge in [-0.25, -0.2) is 0 Å². The van der Waals surface area contributed by atoms with Gasteiger partial charge in [-0.3, -0.25) is 4.99 Å². The zero-order valence-corrected chi connectivity index (χ0v) is 12.6. The fourth-order valence-electron chi connectivity index (χ4n) is 1.47. The van der Waals surface area contributed by atoms with E-state index in [0.29, 0.717) is 0 Å². The fraction of sp³-hybridized carbons (Fsp3) is 0. The van der Waals surface area contributed by atoms with Crippen LogP contribution in [0.3, 0.4) is 0 Å². The van der Waals surface area contributed by atoms with Gasteiger partial charge in [-0.1, -0.05) is 11.6 Å². The van der Waals surface area contributed by atoms with Crippen molar-refractivity contribution in [3.8, 4) is 0 Å². The molecule has 20 heavy (non-hydrogen) atoms. The molecule has 1 aromatic rings. The minimum atomic E-state index is 0. The molecular weight excluding hydrogens is 309 g/mol. The van der Waals surface area contributed by atoms with Crippen LogP contribution in [-0.2, 0) is 17.1 Å². The van der Waals surface area contributed by atoms with Gasteiger partial charge < -0.3 is 0 Å². The van der Waals surface area contributed by atoms with Crippen molar-refractivity contribution >= 4 is 23.5 Å². The first kappa shape index (κ1) is 17.8. The molecule has 10 radical (unpaired) electrons. The van der Waals surface area contributed by atoms with Crippen molar-refractivity contribution in [1.29, 1.82) is 0 Å². The van der Waals surface area contributed by atoms with E-state index in [0.717, 1.165) is 16.6 Å². The van der Waals surface area contributed by atoms with Crippen molar-refractivity contribution in [1.82, 2.24) is 0 Å². The normalized spacial score (nSPS) is 18.6. The largest absolute Gasteiger partial charge is 2.00 e. The van der Waals surface area contributed by atoms with Crippen LogP contribution in [0.4, 0.5) is 5.69 Å². The summed E-state index contributed by atoms with van der Waals surface area (Å²) in [5.74, 6) is 1.11. The molecule has 100 valence electrons. The molecule has 0 amide bonds. The number of hydrogen-bond acceptors (Lipinski definition) is 1. The molecule has 2 saturated carbocycles. The first-order valence-corrected chi connectivity index (χ1v) is 6.40. The maximum absolute atomic E-state index is 5.76. The van der Waals surface area contributed by atoms with E-state index in [1.54, 1.807) is 0 Å². The van der Waals surface area contributed by atoms with Gasteiger partial charge in [-0.2, -0.15) is 0 Å². The third-order valence-electron chi connectivity index (χ3n) is 2.43. The second-order valence-corrected chi connectivity index (χ2v) is 4.35. The van der Waals surface area contributed by atoms with Gasteiger partial charge in [0.1, 0.15) is 0 Å². The summed E-state index contributed by atoms with van der Waals surface area (Å²) in [5, 5.41) is 0.734. The number of hydrogen-bond donors (Lipinski definition) is 0. The average Bonchev–Trinajstić information content (AvgIpc) is 3.14. The third-order valence-corrected chi connectivity index (χ3v) is 2.69. The molecule has 3 rings (SSSR count). The van der Waals surface area contributed by atoms with Crippen molar-refractivity contribution in [2.24, 2.45) is 4.99 Å². The predicted octanol–water partition coefficient (Wildman–Crippen LogP) is 4.47. The van der Waals surface area contributed by atoms with Crippen molar-refractivity contribution in [3.05, 3.63) is 93.0 Å². The average molecular weight is 324 g/mol. The Morgan fingerprint density at radius 2 is 1.25 bits per heavy atom. The number of rotatable bonds is 2. The van der Waals surface area contributed by atoms with Gasteiger partial charge in [0.2, 0.25) is 0 Å². The van der Waals surface area contributed by atoms with E-state index in [9.17, 15) is 0 Å². The zero-order chi connectivity index (χ0) is 13.3. The molecule has 0 saturated heterocycles. The Hall–Kier alpha value is -0.301. The molecule has 2 aliphatic rings. The summed E-state index contributed by atoms with van der Waals surface area (Å²) >= 11 is 5.76. The Kier molecular flexibility index (Phi) is 9.26. The minimum Gasteiger partial charge on any atom is -0.261 e. The van der Waals surface area contributed by atoms with Gasteiger partial charge in [0.25, 0.3) is 0 Å². The molecule has 0 atom stereocenters. The second kappa shape index (κ2) is 10.4. The number of nitrogens with zero attached hydrogens (tertiary/aromatic N) is 1. The third kappa shape index (κ3) is 6.92. The van der Waals surface area contributed by atoms with Crippen LogP contribution in [-0.4, -0.2) is 6.21 Å². The van der Waals surface area contributed by atoms with Crippen LogP contribution in [0.2, 0.25) is 5.02 Å². The molecule has 0 N–H and O–H groups in total. The Bertz CT molecular complexity index is 371. The number of benzene rings is 1. The molecule has 2 fully saturated rings. The van der Waals surface area contributed by atoms with Gasteiger partial charge in [0.15, 0.2) is 0 Å². The van der Waals surface area contributed by atoms with Gasteiger partial charge in [0, 0.05) is 17.2 Å². The van der Waals surface area contributed by atoms with E-state index >= 15 is 0 Å². The number of halogens is 1. The van der Waals surface area contributed by atoms with E-state index in [4.69, 9.17) is 11.6 Å². The molecule has 0 aliphatic heterocycles. The summed E-state index contributed by atoms with van der Waals surface area (Å²) in [6.45, 7) is 0. The van der Waals surface area contributed by atoms with E-state index in [1.807, 2.05) is 88.3 Å². The molecule has 0 spiro atoms. The zero-order valence-electron chi connectivity index (χ0n) is 10.8. The van der Waals surface area contributed by atoms with Crippen molar-refractivity contribution in [2.75, 3.05) is 0 Å². The van der Waals surface area contributed by atoms with Crippen LogP contribution in [0.5, 0.6) is 0 Å². The van der Waals surface area contributed by atoms with Crippen molar-refractivity contribution < 1.29 is 17.1 Å². The summed E-state index contributed by atoms with van der Waals surface area (Å²) < 4.78 is 0. The van der Waals surface area contributed by atoms with Gasteiger partial charge in [-0.05, 0) is 82.1 Å². The molecule has 2 aliphatic carbocycles. The molecule has 0 bridgehead atoms. The molecule has 0 unspecified atom stereocenters. The van der Waals surface area contributed by atoms with Crippen molar-refractivity contribution in [2.45, 2.75) is 0 Å². The van der Waals surface area contributed by atoms with E-state index in [-0.39, 0.29) is 17.1 Å². The van der Waals surface area contributed by atoms with Crippen LogP contribution in [0, 0.1) is 63.7 Å². The Morgan fingerprint density at radius 3 is 1.75 bits per heavy atom. The van der Waals surface area contributed by atoms with Crippen LogP contribution in [0.25, 0.3) is 0 Å². The molecule has 1 aromatic carbocycles. The Morgan fingerprint density at radius 1 is 0.750 bits per heavy atom. The van der Waals surface area contributed by atoms with Crippen molar-refractivity contribution in [3.63, 3.8) is 0 Å². The van der Waals surface area contributed by atoms with Crippen LogP contribution < -0.4 is 0 Å². The van der Waals surface area contributed by atoms with Crippen LogP contribution in [0.15, 0.2) is 29.3 Å². The van der Waals surface area contributed by atoms with E-state index in [1.165, 1.54) is 0 Å². The standard InChI is InChI=1S/C12H9ClN.C5H5.Fe/c13-11-5-7-12(8-6-11)14-9-10-3-1-2-4-10;1-2-4-5-3-1;/h1-9H;1-5H;/q;;+2.